The lowest BCUT2D eigenvalue weighted by molar-refractivity contribution is -0.118. The number of thiazole rings is 1. The van der Waals surface area contributed by atoms with Gasteiger partial charge in [0.25, 0.3) is 0 Å². The van der Waals surface area contributed by atoms with Gasteiger partial charge in [0, 0.05) is 5.69 Å². The Hall–Kier alpha value is -1.66. The first kappa shape index (κ1) is 12.8. The van der Waals surface area contributed by atoms with Crippen molar-refractivity contribution in [1.82, 2.24) is 4.98 Å². The predicted octanol–water partition coefficient (Wildman–Crippen LogP) is 2.57. The molecule has 1 heterocycles. The van der Waals surface area contributed by atoms with Gasteiger partial charge in [-0.3, -0.25) is 4.79 Å². The van der Waals surface area contributed by atoms with Crippen molar-refractivity contribution in [2.75, 3.05) is 5.32 Å². The van der Waals surface area contributed by atoms with Crippen molar-refractivity contribution in [3.63, 3.8) is 0 Å². The van der Waals surface area contributed by atoms with E-state index < -0.39 is 11.9 Å². The minimum atomic E-state index is -0.784. The van der Waals surface area contributed by atoms with Crippen molar-refractivity contribution in [2.24, 2.45) is 5.73 Å². The molecule has 0 bridgehead atoms. The van der Waals surface area contributed by atoms with E-state index in [2.05, 4.69) is 10.3 Å². The molecule has 4 nitrogen and oxygen atoms in total. The van der Waals surface area contributed by atoms with E-state index in [9.17, 15) is 9.18 Å². The number of benzene rings is 1. The Morgan fingerprint density at radius 2 is 2.11 bits per heavy atom. The fourth-order valence-electron chi connectivity index (χ4n) is 1.37. The van der Waals surface area contributed by atoms with Gasteiger partial charge in [0.15, 0.2) is 6.04 Å². The topological polar surface area (TPSA) is 68.0 Å². The molecule has 0 aliphatic heterocycles. The van der Waals surface area contributed by atoms with Crippen LogP contribution in [0.15, 0.2) is 30.5 Å². The van der Waals surface area contributed by atoms with Gasteiger partial charge in [0.2, 0.25) is 5.91 Å². The molecule has 0 aliphatic rings. The smallest absolute Gasteiger partial charge is 0.247 e. The van der Waals surface area contributed by atoms with Gasteiger partial charge in [0.1, 0.15) is 15.2 Å². The minimum Gasteiger partial charge on any atom is -0.368 e. The zero-order valence-corrected chi connectivity index (χ0v) is 10.6. The first-order chi connectivity index (χ1) is 8.56. The van der Waals surface area contributed by atoms with Gasteiger partial charge in [-0.25, -0.2) is 9.37 Å². The molecule has 0 saturated carbocycles. The summed E-state index contributed by atoms with van der Waals surface area (Å²) in [6.45, 7) is 0. The van der Waals surface area contributed by atoms with Crippen LogP contribution in [0.1, 0.15) is 11.0 Å². The molecule has 1 amide bonds. The summed E-state index contributed by atoms with van der Waals surface area (Å²) in [6.07, 6.45) is 1.45. The van der Waals surface area contributed by atoms with Gasteiger partial charge in [-0.15, -0.1) is 11.3 Å². The second-order valence-electron chi connectivity index (χ2n) is 3.49. The van der Waals surface area contributed by atoms with Gasteiger partial charge < -0.3 is 11.1 Å². The fourth-order valence-corrected chi connectivity index (χ4v) is 2.36. The third kappa shape index (κ3) is 2.96. The summed E-state index contributed by atoms with van der Waals surface area (Å²) in [6, 6.07) is 4.82. The predicted molar refractivity (Wildman–Crippen MR) is 69.1 cm³/mol. The molecule has 0 radical (unpaired) electrons. The number of anilines is 1. The number of halogens is 2. The maximum absolute atomic E-state index is 12.8. The molecule has 2 aromatic rings. The van der Waals surface area contributed by atoms with Crippen molar-refractivity contribution < 1.29 is 9.18 Å². The average molecular weight is 286 g/mol. The van der Waals surface area contributed by atoms with Gasteiger partial charge >= 0.3 is 0 Å². The Morgan fingerprint density at radius 1 is 1.44 bits per heavy atom. The number of carbonyl (C=O) groups is 1. The molecule has 0 spiro atoms. The Kier molecular flexibility index (Phi) is 3.78. The monoisotopic (exact) mass is 285 g/mol. The van der Waals surface area contributed by atoms with Crippen LogP contribution < -0.4 is 11.1 Å². The van der Waals surface area contributed by atoms with E-state index in [1.165, 1.54) is 30.5 Å². The van der Waals surface area contributed by atoms with Crippen LogP contribution in [0, 0.1) is 5.82 Å². The molecule has 1 aromatic heterocycles. The first-order valence-corrected chi connectivity index (χ1v) is 6.18. The number of nitrogens with two attached hydrogens (primary N) is 1. The van der Waals surface area contributed by atoms with E-state index in [0.29, 0.717) is 15.0 Å². The highest BCUT2D eigenvalue weighted by Gasteiger charge is 2.21. The van der Waals surface area contributed by atoms with E-state index in [1.54, 1.807) is 0 Å². The normalized spacial score (nSPS) is 12.1. The quantitative estimate of drug-likeness (QED) is 0.907. The molecular weight excluding hydrogens is 277 g/mol. The second kappa shape index (κ2) is 5.32. The zero-order chi connectivity index (χ0) is 13.1. The SMILES string of the molecule is NC(=O)C(Nc1ccc(F)cc1)c1ncc(Cl)s1. The molecule has 1 atom stereocenters. The number of hydrogen-bond donors (Lipinski definition) is 2. The highest BCUT2D eigenvalue weighted by molar-refractivity contribution is 7.16. The zero-order valence-electron chi connectivity index (χ0n) is 9.06. The van der Waals surface area contributed by atoms with E-state index in [-0.39, 0.29) is 5.82 Å². The van der Waals surface area contributed by atoms with Crippen LogP contribution in [0.5, 0.6) is 0 Å². The molecule has 94 valence electrons. The Balaban J connectivity index is 2.22. The number of primary amides is 1. The largest absolute Gasteiger partial charge is 0.368 e. The molecule has 3 N–H and O–H groups in total. The number of amides is 1. The highest BCUT2D eigenvalue weighted by Crippen LogP contribution is 2.26. The van der Waals surface area contributed by atoms with Gasteiger partial charge in [0.05, 0.1) is 6.20 Å². The van der Waals surface area contributed by atoms with Crippen molar-refractivity contribution in [3.05, 3.63) is 45.6 Å². The number of carbonyl (C=O) groups excluding carboxylic acids is 1. The Labute approximate surface area is 112 Å². The summed E-state index contributed by atoms with van der Waals surface area (Å²) >= 11 is 6.92. The van der Waals surface area contributed by atoms with Crippen LogP contribution in [-0.4, -0.2) is 10.9 Å². The van der Waals surface area contributed by atoms with Crippen molar-refractivity contribution >= 4 is 34.5 Å². The lowest BCUT2D eigenvalue weighted by Gasteiger charge is -2.14. The number of rotatable bonds is 4. The molecule has 7 heteroatoms. The lowest BCUT2D eigenvalue weighted by Crippen LogP contribution is -2.27. The lowest BCUT2D eigenvalue weighted by atomic mass is 10.2. The third-order valence-electron chi connectivity index (χ3n) is 2.18. The first-order valence-electron chi connectivity index (χ1n) is 4.99. The van der Waals surface area contributed by atoms with E-state index in [1.807, 2.05) is 0 Å². The molecule has 0 aliphatic carbocycles. The molecule has 1 aromatic carbocycles. The van der Waals surface area contributed by atoms with E-state index >= 15 is 0 Å². The average Bonchev–Trinajstić information content (AvgIpc) is 2.74. The van der Waals surface area contributed by atoms with Gasteiger partial charge in [-0.1, -0.05) is 11.6 Å². The van der Waals surface area contributed by atoms with Crippen molar-refractivity contribution in [1.29, 1.82) is 0 Å². The van der Waals surface area contributed by atoms with Crippen LogP contribution in [-0.2, 0) is 4.79 Å². The maximum atomic E-state index is 12.8. The van der Waals surface area contributed by atoms with Crippen LogP contribution in [0.3, 0.4) is 0 Å². The summed E-state index contributed by atoms with van der Waals surface area (Å²) < 4.78 is 13.2. The van der Waals surface area contributed by atoms with Crippen LogP contribution in [0.2, 0.25) is 4.34 Å². The molecule has 18 heavy (non-hydrogen) atoms. The minimum absolute atomic E-state index is 0.353. The third-order valence-corrected chi connectivity index (χ3v) is 3.36. The Bertz CT molecular complexity index is 558. The van der Waals surface area contributed by atoms with Crippen LogP contribution >= 0.6 is 22.9 Å². The maximum Gasteiger partial charge on any atom is 0.247 e. The number of nitrogens with zero attached hydrogens (tertiary/aromatic N) is 1. The summed E-state index contributed by atoms with van der Waals surface area (Å²) in [5.41, 5.74) is 5.88. The van der Waals surface area contributed by atoms with Crippen LogP contribution in [0.25, 0.3) is 0 Å². The van der Waals surface area contributed by atoms with Crippen molar-refractivity contribution in [3.8, 4) is 0 Å². The standard InChI is InChI=1S/C11H9ClFN3OS/c12-8-5-15-11(18-8)9(10(14)17)16-7-3-1-6(13)2-4-7/h1-5,9,16H,(H2,14,17). The molecule has 0 fully saturated rings. The summed E-state index contributed by atoms with van der Waals surface area (Å²) in [4.78, 5) is 15.4. The van der Waals surface area contributed by atoms with Crippen molar-refractivity contribution in [2.45, 2.75) is 6.04 Å². The number of aromatic nitrogens is 1. The van der Waals surface area contributed by atoms with Gasteiger partial charge in [-0.05, 0) is 24.3 Å². The van der Waals surface area contributed by atoms with E-state index in [4.69, 9.17) is 17.3 Å². The molecule has 0 saturated heterocycles. The molecular formula is C11H9ClFN3OS. The Morgan fingerprint density at radius 3 is 2.61 bits per heavy atom. The highest BCUT2D eigenvalue weighted by atomic mass is 35.5. The second-order valence-corrected chi connectivity index (χ2v) is 5.18. The fraction of sp³-hybridized carbons (Fsp3) is 0.0909. The van der Waals surface area contributed by atoms with Gasteiger partial charge in [-0.2, -0.15) is 0 Å². The molecule has 2 rings (SSSR count). The molecule has 1 unspecified atom stereocenters. The summed E-state index contributed by atoms with van der Waals surface area (Å²) in [5.74, 6) is -0.932. The summed E-state index contributed by atoms with van der Waals surface area (Å²) in [5, 5.41) is 3.35. The van der Waals surface area contributed by atoms with Crippen LogP contribution in [0.4, 0.5) is 10.1 Å². The summed E-state index contributed by atoms with van der Waals surface area (Å²) in [7, 11) is 0. The van der Waals surface area contributed by atoms with E-state index in [0.717, 1.165) is 11.3 Å². The number of hydrogen-bond acceptors (Lipinski definition) is 4. The number of nitrogens with one attached hydrogen (secondary N) is 1.